The molecule has 1 aliphatic heterocycles. The summed E-state index contributed by atoms with van der Waals surface area (Å²) in [6.07, 6.45) is 1.52. The highest BCUT2D eigenvalue weighted by Crippen LogP contribution is 2.21. The van der Waals surface area contributed by atoms with Gasteiger partial charge in [0.25, 0.3) is 5.91 Å². The van der Waals surface area contributed by atoms with Gasteiger partial charge in [-0.3, -0.25) is 9.59 Å². The first-order valence-electron chi connectivity index (χ1n) is 8.47. The molecule has 0 unspecified atom stereocenters. The highest BCUT2D eigenvalue weighted by atomic mass is 35.5. The van der Waals surface area contributed by atoms with Gasteiger partial charge in [-0.05, 0) is 36.1 Å². The van der Waals surface area contributed by atoms with Crippen LogP contribution in [0.15, 0.2) is 54.6 Å². The van der Waals surface area contributed by atoms with Crippen LogP contribution in [0.1, 0.15) is 23.2 Å². The van der Waals surface area contributed by atoms with Gasteiger partial charge in [0.05, 0.1) is 0 Å². The normalized spacial score (nSPS) is 15.0. The molecule has 3 rings (SSSR count). The molecule has 0 aromatic heterocycles. The Balaban J connectivity index is 1.59. The van der Waals surface area contributed by atoms with Gasteiger partial charge < -0.3 is 10.2 Å². The van der Waals surface area contributed by atoms with Gasteiger partial charge in [0.1, 0.15) is 5.88 Å². The van der Waals surface area contributed by atoms with Crippen LogP contribution in [-0.2, 0) is 4.79 Å². The van der Waals surface area contributed by atoms with E-state index >= 15 is 0 Å². The summed E-state index contributed by atoms with van der Waals surface area (Å²) in [4.78, 5) is 25.8. The first-order valence-corrected chi connectivity index (χ1v) is 9.01. The van der Waals surface area contributed by atoms with E-state index < -0.39 is 0 Å². The van der Waals surface area contributed by atoms with Gasteiger partial charge in [-0.1, -0.05) is 42.5 Å². The summed E-state index contributed by atoms with van der Waals surface area (Å²) in [5.41, 5.74) is 2.93. The molecule has 0 saturated carbocycles. The van der Waals surface area contributed by atoms with Crippen LogP contribution in [0.4, 0.5) is 0 Å². The van der Waals surface area contributed by atoms with Crippen LogP contribution >= 0.6 is 11.6 Å². The van der Waals surface area contributed by atoms with Crippen LogP contribution in [0.25, 0.3) is 11.1 Å². The minimum absolute atomic E-state index is 0.0209. The maximum atomic E-state index is 12.7. The van der Waals surface area contributed by atoms with Crippen molar-refractivity contribution in [1.29, 1.82) is 0 Å². The third kappa shape index (κ3) is 4.40. The Bertz CT molecular complexity index is 723. The number of rotatable bonds is 4. The Morgan fingerprint density at radius 3 is 2.16 bits per heavy atom. The topological polar surface area (TPSA) is 49.4 Å². The molecule has 1 aliphatic rings. The van der Waals surface area contributed by atoms with Gasteiger partial charge >= 0.3 is 0 Å². The van der Waals surface area contributed by atoms with Gasteiger partial charge in [-0.15, -0.1) is 11.6 Å². The lowest BCUT2D eigenvalue weighted by atomic mass is 10.0. The molecule has 1 N–H and O–H groups in total. The molecule has 25 heavy (non-hydrogen) atoms. The van der Waals surface area contributed by atoms with Crippen molar-refractivity contribution in [2.24, 2.45) is 0 Å². The van der Waals surface area contributed by atoms with Gasteiger partial charge in [0.2, 0.25) is 5.91 Å². The van der Waals surface area contributed by atoms with Crippen LogP contribution in [0.5, 0.6) is 0 Å². The molecule has 0 aliphatic carbocycles. The van der Waals surface area contributed by atoms with Crippen molar-refractivity contribution in [3.63, 3.8) is 0 Å². The van der Waals surface area contributed by atoms with E-state index in [4.69, 9.17) is 11.6 Å². The predicted octanol–water partition coefficient (Wildman–Crippen LogP) is 3.31. The third-order valence-electron chi connectivity index (χ3n) is 4.51. The minimum atomic E-state index is -0.150. The Morgan fingerprint density at radius 1 is 0.960 bits per heavy atom. The zero-order valence-electron chi connectivity index (χ0n) is 14.0. The van der Waals surface area contributed by atoms with Crippen molar-refractivity contribution >= 4 is 23.4 Å². The maximum Gasteiger partial charge on any atom is 0.253 e. The average molecular weight is 357 g/mol. The molecule has 2 aromatic carbocycles. The van der Waals surface area contributed by atoms with Crippen molar-refractivity contribution in [2.75, 3.05) is 19.0 Å². The summed E-state index contributed by atoms with van der Waals surface area (Å²) in [6, 6.07) is 17.9. The molecule has 130 valence electrons. The number of nitrogens with one attached hydrogen (secondary N) is 1. The first-order chi connectivity index (χ1) is 12.2. The largest absolute Gasteiger partial charge is 0.352 e. The number of hydrogen-bond donors (Lipinski definition) is 1. The van der Waals surface area contributed by atoms with Crippen LogP contribution in [0.3, 0.4) is 0 Å². The highest BCUT2D eigenvalue weighted by Gasteiger charge is 2.24. The zero-order chi connectivity index (χ0) is 17.6. The van der Waals surface area contributed by atoms with Crippen molar-refractivity contribution in [1.82, 2.24) is 10.2 Å². The molecular weight excluding hydrogens is 336 g/mol. The standard InChI is InChI=1S/C20H21ClN2O2/c21-14-19(24)22-18-10-12-23(13-11-18)20(25)17-8-6-16(7-9-17)15-4-2-1-3-5-15/h1-9,18H,10-14H2,(H,22,24). The molecule has 5 heteroatoms. The van der Waals surface area contributed by atoms with E-state index in [1.807, 2.05) is 47.4 Å². The Labute approximate surface area is 152 Å². The summed E-state index contributed by atoms with van der Waals surface area (Å²) in [5, 5.41) is 2.88. The monoisotopic (exact) mass is 356 g/mol. The van der Waals surface area contributed by atoms with Crippen molar-refractivity contribution in [3.8, 4) is 11.1 Å². The fourth-order valence-corrected chi connectivity index (χ4v) is 3.19. The van der Waals surface area contributed by atoms with Crippen LogP contribution in [-0.4, -0.2) is 41.7 Å². The second-order valence-corrected chi connectivity index (χ2v) is 6.48. The number of benzene rings is 2. The lowest BCUT2D eigenvalue weighted by Gasteiger charge is -2.32. The number of alkyl halides is 1. The minimum Gasteiger partial charge on any atom is -0.352 e. The summed E-state index contributed by atoms with van der Waals surface area (Å²) in [6.45, 7) is 1.29. The SMILES string of the molecule is O=C(CCl)NC1CCN(C(=O)c2ccc(-c3ccccc3)cc2)CC1. The fourth-order valence-electron chi connectivity index (χ4n) is 3.11. The molecule has 0 spiro atoms. The predicted molar refractivity (Wildman–Crippen MR) is 99.7 cm³/mol. The summed E-state index contributed by atoms with van der Waals surface area (Å²) < 4.78 is 0. The van der Waals surface area contributed by atoms with E-state index in [9.17, 15) is 9.59 Å². The van der Waals surface area contributed by atoms with E-state index in [1.54, 1.807) is 0 Å². The molecule has 4 nitrogen and oxygen atoms in total. The summed E-state index contributed by atoms with van der Waals surface area (Å²) in [5.74, 6) is -0.128. The lowest BCUT2D eigenvalue weighted by molar-refractivity contribution is -0.119. The van der Waals surface area contributed by atoms with E-state index in [0.29, 0.717) is 18.7 Å². The van der Waals surface area contributed by atoms with Crippen LogP contribution in [0.2, 0.25) is 0 Å². The molecule has 0 radical (unpaired) electrons. The Kier molecular flexibility index (Phi) is 5.71. The summed E-state index contributed by atoms with van der Waals surface area (Å²) >= 11 is 5.51. The number of hydrogen-bond acceptors (Lipinski definition) is 2. The number of piperidine rings is 1. The van der Waals surface area contributed by atoms with E-state index in [1.165, 1.54) is 0 Å². The zero-order valence-corrected chi connectivity index (χ0v) is 14.7. The van der Waals surface area contributed by atoms with Gasteiger partial charge in [0, 0.05) is 24.7 Å². The Hall–Kier alpha value is -2.33. The molecule has 2 aromatic rings. The van der Waals surface area contributed by atoms with E-state index in [-0.39, 0.29) is 23.7 Å². The molecule has 1 saturated heterocycles. The molecule has 1 fully saturated rings. The number of likely N-dealkylation sites (tertiary alicyclic amines) is 1. The molecule has 1 heterocycles. The van der Waals surface area contributed by atoms with Crippen molar-refractivity contribution in [3.05, 3.63) is 60.2 Å². The molecule has 0 bridgehead atoms. The van der Waals surface area contributed by atoms with Gasteiger partial charge in [-0.25, -0.2) is 0 Å². The second-order valence-electron chi connectivity index (χ2n) is 6.21. The second kappa shape index (κ2) is 8.17. The molecular formula is C20H21ClN2O2. The fraction of sp³-hybridized carbons (Fsp3) is 0.300. The number of carbonyl (C=O) groups excluding carboxylic acids is 2. The van der Waals surface area contributed by atoms with Crippen LogP contribution < -0.4 is 5.32 Å². The van der Waals surface area contributed by atoms with E-state index in [2.05, 4.69) is 17.4 Å². The number of nitrogens with zero attached hydrogens (tertiary/aromatic N) is 1. The quantitative estimate of drug-likeness (QED) is 0.854. The van der Waals surface area contributed by atoms with Crippen molar-refractivity contribution in [2.45, 2.75) is 18.9 Å². The number of amides is 2. The first kappa shape index (κ1) is 17.5. The van der Waals surface area contributed by atoms with Gasteiger partial charge in [-0.2, -0.15) is 0 Å². The summed E-state index contributed by atoms with van der Waals surface area (Å²) in [7, 11) is 0. The maximum absolute atomic E-state index is 12.7. The average Bonchev–Trinajstić information content (AvgIpc) is 2.69. The van der Waals surface area contributed by atoms with Gasteiger partial charge in [0.15, 0.2) is 0 Å². The third-order valence-corrected chi connectivity index (χ3v) is 4.75. The molecule has 2 amide bonds. The highest BCUT2D eigenvalue weighted by molar-refractivity contribution is 6.27. The van der Waals surface area contributed by atoms with E-state index in [0.717, 1.165) is 24.0 Å². The Morgan fingerprint density at radius 2 is 1.56 bits per heavy atom. The van der Waals surface area contributed by atoms with Crippen LogP contribution in [0, 0.1) is 0 Å². The number of halogens is 1. The molecule has 0 atom stereocenters. The smallest absolute Gasteiger partial charge is 0.253 e. The van der Waals surface area contributed by atoms with Crippen molar-refractivity contribution < 1.29 is 9.59 Å². The lowest BCUT2D eigenvalue weighted by Crippen LogP contribution is -2.46. The number of carbonyl (C=O) groups is 2.